The molecule has 3 heteroatoms. The minimum Gasteiger partial charge on any atom is -0.351 e. The molecule has 1 atom stereocenters. The van der Waals surface area contributed by atoms with E-state index < -0.39 is 0 Å². The summed E-state index contributed by atoms with van der Waals surface area (Å²) < 4.78 is 4.96. The Hall–Kier alpha value is 0.400. The molecule has 0 amide bonds. The lowest BCUT2D eigenvalue weighted by atomic mass is 10.7. The second-order valence-corrected chi connectivity index (χ2v) is 2.20. The summed E-state index contributed by atoms with van der Waals surface area (Å²) in [5, 5.41) is 3.25. The lowest BCUT2D eigenvalue weighted by Gasteiger charge is -1.90. The van der Waals surface area contributed by atoms with Crippen LogP contribution < -0.4 is 5.32 Å². The molecule has 1 fully saturated rings. The van der Waals surface area contributed by atoms with Crippen molar-refractivity contribution in [1.82, 2.24) is 5.32 Å². The van der Waals surface area contributed by atoms with Gasteiger partial charge in [0.25, 0.3) is 0 Å². The van der Waals surface area contributed by atoms with Crippen LogP contribution in [0.25, 0.3) is 0 Å². The average Bonchev–Trinajstić information content (AvgIpc) is 1.86. The number of halogens is 1. The van der Waals surface area contributed by atoms with Crippen molar-refractivity contribution in [3.63, 3.8) is 0 Å². The maximum absolute atomic E-state index is 4.96. The standard InChI is InChI=1S/C3H6BrNO/c4-3-1-5-2-6-3/h3,5H,1-2H2. The van der Waals surface area contributed by atoms with Gasteiger partial charge in [-0.2, -0.15) is 0 Å². The van der Waals surface area contributed by atoms with Gasteiger partial charge < -0.3 is 4.74 Å². The number of alkyl halides is 1. The number of nitrogens with one attached hydrogen (secondary N) is 1. The largest absolute Gasteiger partial charge is 0.351 e. The first kappa shape index (κ1) is 4.56. The second kappa shape index (κ2) is 1.91. The van der Waals surface area contributed by atoms with E-state index in [0.29, 0.717) is 6.73 Å². The minimum absolute atomic E-state index is 0.248. The van der Waals surface area contributed by atoms with Crippen molar-refractivity contribution in [1.29, 1.82) is 0 Å². The van der Waals surface area contributed by atoms with Gasteiger partial charge in [-0.1, -0.05) is 15.9 Å². The molecule has 0 bridgehead atoms. The Bertz CT molecular complexity index is 44.1. The van der Waals surface area contributed by atoms with E-state index in [1.165, 1.54) is 0 Å². The molecule has 1 aliphatic rings. The Balaban J connectivity index is 2.18. The quantitative estimate of drug-likeness (QED) is 0.503. The fourth-order valence-electron chi connectivity index (χ4n) is 0.381. The number of hydrogen-bond acceptors (Lipinski definition) is 2. The van der Waals surface area contributed by atoms with E-state index in [2.05, 4.69) is 21.2 Å². The van der Waals surface area contributed by atoms with Gasteiger partial charge in [-0.3, -0.25) is 5.32 Å². The molecule has 0 aromatic carbocycles. The lowest BCUT2D eigenvalue weighted by Crippen LogP contribution is -2.07. The number of hydrogen-bond donors (Lipinski definition) is 1. The van der Waals surface area contributed by atoms with Crippen LogP contribution in [0.15, 0.2) is 0 Å². The highest BCUT2D eigenvalue weighted by Gasteiger charge is 2.07. The first-order chi connectivity index (χ1) is 2.89. The van der Waals surface area contributed by atoms with Gasteiger partial charge in [0.2, 0.25) is 0 Å². The predicted octanol–water partition coefficient (Wildman–Crippen LogP) is 0.285. The maximum atomic E-state index is 4.96. The van der Waals surface area contributed by atoms with Crippen LogP contribution in [0.2, 0.25) is 0 Å². The molecule has 1 unspecified atom stereocenters. The zero-order chi connectivity index (χ0) is 4.41. The van der Waals surface area contributed by atoms with Crippen LogP contribution >= 0.6 is 15.9 Å². The van der Waals surface area contributed by atoms with Gasteiger partial charge in [-0.25, -0.2) is 0 Å². The molecule has 1 heterocycles. The molecule has 36 valence electrons. The Morgan fingerprint density at radius 3 is 2.83 bits per heavy atom. The molecule has 1 N–H and O–H groups in total. The molecule has 6 heavy (non-hydrogen) atoms. The highest BCUT2D eigenvalue weighted by atomic mass is 79.9. The third kappa shape index (κ3) is 0.929. The fourth-order valence-corrected chi connectivity index (χ4v) is 0.742. The Morgan fingerprint density at radius 1 is 1.83 bits per heavy atom. The zero-order valence-corrected chi connectivity index (χ0v) is 4.86. The maximum Gasteiger partial charge on any atom is 0.126 e. The Kier molecular flexibility index (Phi) is 1.45. The van der Waals surface area contributed by atoms with Crippen LogP contribution in [0.4, 0.5) is 0 Å². The van der Waals surface area contributed by atoms with E-state index in [9.17, 15) is 0 Å². The number of ether oxygens (including phenoxy) is 1. The van der Waals surface area contributed by atoms with Crippen LogP contribution in [0.3, 0.4) is 0 Å². The summed E-state index contributed by atoms with van der Waals surface area (Å²) in [6.07, 6.45) is 0. The monoisotopic (exact) mass is 151 g/mol. The van der Waals surface area contributed by atoms with Gasteiger partial charge in [-0.05, 0) is 0 Å². The van der Waals surface area contributed by atoms with Crippen molar-refractivity contribution in [2.45, 2.75) is 5.01 Å². The summed E-state index contributed by atoms with van der Waals surface area (Å²) in [7, 11) is 0. The van der Waals surface area contributed by atoms with Crippen LogP contribution in [0.1, 0.15) is 0 Å². The molecule has 1 rings (SSSR count). The van der Waals surface area contributed by atoms with Crippen molar-refractivity contribution in [2.24, 2.45) is 0 Å². The van der Waals surface area contributed by atoms with E-state index >= 15 is 0 Å². The normalized spacial score (nSPS) is 34.5. The first-order valence-corrected chi connectivity index (χ1v) is 2.77. The molecular weight excluding hydrogens is 146 g/mol. The van der Waals surface area contributed by atoms with Crippen molar-refractivity contribution in [3.05, 3.63) is 0 Å². The van der Waals surface area contributed by atoms with Gasteiger partial charge in [-0.15, -0.1) is 0 Å². The van der Waals surface area contributed by atoms with Crippen LogP contribution in [-0.4, -0.2) is 18.3 Å². The summed E-state index contributed by atoms with van der Waals surface area (Å²) in [4.78, 5) is 0. The van der Waals surface area contributed by atoms with Crippen LogP contribution in [0.5, 0.6) is 0 Å². The van der Waals surface area contributed by atoms with Crippen molar-refractivity contribution in [3.8, 4) is 0 Å². The molecule has 0 aromatic heterocycles. The third-order valence-electron chi connectivity index (χ3n) is 0.671. The minimum atomic E-state index is 0.248. The molecule has 2 nitrogen and oxygen atoms in total. The molecule has 0 aliphatic carbocycles. The molecule has 0 spiro atoms. The Labute approximate surface area is 45.0 Å². The van der Waals surface area contributed by atoms with Gasteiger partial charge in [0, 0.05) is 6.54 Å². The third-order valence-corrected chi connectivity index (χ3v) is 1.26. The smallest absolute Gasteiger partial charge is 0.126 e. The summed E-state index contributed by atoms with van der Waals surface area (Å²) in [6, 6.07) is 0. The highest BCUT2D eigenvalue weighted by Crippen LogP contribution is 2.02. The predicted molar refractivity (Wildman–Crippen MR) is 26.7 cm³/mol. The van der Waals surface area contributed by atoms with Crippen molar-refractivity contribution < 1.29 is 4.74 Å². The lowest BCUT2D eigenvalue weighted by molar-refractivity contribution is 0.176. The SMILES string of the molecule is BrC1CNCO1. The van der Waals surface area contributed by atoms with Crippen molar-refractivity contribution in [2.75, 3.05) is 13.3 Å². The van der Waals surface area contributed by atoms with Gasteiger partial charge >= 0.3 is 0 Å². The molecule has 0 saturated carbocycles. The topological polar surface area (TPSA) is 21.3 Å². The van der Waals surface area contributed by atoms with E-state index in [-0.39, 0.29) is 5.01 Å². The van der Waals surface area contributed by atoms with Crippen LogP contribution in [-0.2, 0) is 4.74 Å². The van der Waals surface area contributed by atoms with Gasteiger partial charge in [0.05, 0.1) is 6.73 Å². The first-order valence-electron chi connectivity index (χ1n) is 1.86. The van der Waals surface area contributed by atoms with Crippen molar-refractivity contribution >= 4 is 15.9 Å². The summed E-state index contributed by atoms with van der Waals surface area (Å²) in [6.45, 7) is 1.62. The van der Waals surface area contributed by atoms with Gasteiger partial charge in [0.15, 0.2) is 0 Å². The second-order valence-electron chi connectivity index (χ2n) is 1.18. The van der Waals surface area contributed by atoms with E-state index in [0.717, 1.165) is 6.54 Å². The molecular formula is C3H6BrNO. The average molecular weight is 152 g/mol. The molecule has 1 aliphatic heterocycles. The Morgan fingerprint density at radius 2 is 2.67 bits per heavy atom. The zero-order valence-electron chi connectivity index (χ0n) is 3.28. The van der Waals surface area contributed by atoms with Gasteiger partial charge in [0.1, 0.15) is 5.01 Å². The summed E-state index contributed by atoms with van der Waals surface area (Å²) >= 11 is 3.25. The molecule has 0 aromatic rings. The fraction of sp³-hybridized carbons (Fsp3) is 1.00. The van der Waals surface area contributed by atoms with E-state index in [4.69, 9.17) is 4.74 Å². The highest BCUT2D eigenvalue weighted by molar-refractivity contribution is 9.09. The van der Waals surface area contributed by atoms with E-state index in [1.54, 1.807) is 0 Å². The molecule has 1 saturated heterocycles. The summed E-state index contributed by atoms with van der Waals surface area (Å²) in [5.74, 6) is 0. The van der Waals surface area contributed by atoms with E-state index in [1.807, 2.05) is 0 Å². The summed E-state index contributed by atoms with van der Waals surface area (Å²) in [5.41, 5.74) is 0. The molecule has 0 radical (unpaired) electrons. The van der Waals surface area contributed by atoms with Crippen LogP contribution in [0, 0.1) is 0 Å². The number of rotatable bonds is 0.